The van der Waals surface area contributed by atoms with Crippen LogP contribution in [0.1, 0.15) is 103 Å². The number of hydrogen-bond donors (Lipinski definition) is 0. The minimum atomic E-state index is -0.220. The summed E-state index contributed by atoms with van der Waals surface area (Å²) < 4.78 is 13.7. The number of ether oxygens (including phenoxy) is 1. The van der Waals surface area contributed by atoms with E-state index in [4.69, 9.17) is 9.72 Å². The molecular weight excluding hydrogens is 769 g/mol. The zero-order valence-electron chi connectivity index (χ0n) is 38.4. The molecule has 0 radical (unpaired) electrons. The first-order valence-electron chi connectivity index (χ1n) is 22.2. The highest BCUT2D eigenvalue weighted by molar-refractivity contribution is 6.09. The molecular formula is C58H58N4O. The van der Waals surface area contributed by atoms with E-state index in [2.05, 4.69) is 247 Å². The normalized spacial score (nSPS) is 12.4. The van der Waals surface area contributed by atoms with E-state index in [0.717, 1.165) is 56.4 Å². The summed E-state index contributed by atoms with van der Waals surface area (Å²) >= 11 is 0. The maximum atomic E-state index is 7.04. The van der Waals surface area contributed by atoms with Crippen LogP contribution in [0.25, 0.3) is 50.1 Å². The van der Waals surface area contributed by atoms with Crippen molar-refractivity contribution in [2.75, 3.05) is 0 Å². The van der Waals surface area contributed by atoms with Crippen molar-refractivity contribution in [1.82, 2.24) is 14.1 Å². The van der Waals surface area contributed by atoms with Crippen LogP contribution in [0.5, 0.6) is 11.5 Å². The standard InChI is InChI=1S/C58H58N4O/c1-39(2)48-23-14-15-24-49(48)40-31-45(61-38-60(37-54(61)57(6,7)8)44-22-18-21-42(33-44)56(3,4)5)35-47(32-40)63-46-27-28-51-50-25-16-17-26-52(50)62(53(51)36-46)55-34-43(29-30-59-55)58(9,10)41-19-12-11-13-20-41/h11-37,39H,1-10H3. The van der Waals surface area contributed by atoms with E-state index in [1.807, 2.05) is 6.20 Å². The Labute approximate surface area is 373 Å². The second-order valence-corrected chi connectivity index (χ2v) is 19.9. The first-order valence-corrected chi connectivity index (χ1v) is 22.2. The van der Waals surface area contributed by atoms with Crippen LogP contribution in [0, 0.1) is 6.33 Å². The first-order chi connectivity index (χ1) is 30.1. The molecule has 0 amide bonds. The quantitative estimate of drug-likeness (QED) is 0.107. The average Bonchev–Trinajstić information content (AvgIpc) is 3.87. The van der Waals surface area contributed by atoms with E-state index in [1.54, 1.807) is 0 Å². The highest BCUT2D eigenvalue weighted by atomic mass is 16.5. The summed E-state index contributed by atoms with van der Waals surface area (Å²) in [6.45, 7) is 22.6. The Kier molecular flexibility index (Phi) is 10.5. The zero-order valence-corrected chi connectivity index (χ0v) is 38.4. The van der Waals surface area contributed by atoms with Gasteiger partial charge < -0.3 is 4.74 Å². The molecule has 0 bridgehead atoms. The van der Waals surface area contributed by atoms with Crippen molar-refractivity contribution in [3.8, 4) is 39.8 Å². The number of imidazole rings is 1. The summed E-state index contributed by atoms with van der Waals surface area (Å²) in [6.07, 6.45) is 7.93. The maximum absolute atomic E-state index is 7.04. The number of fused-ring (bicyclic) bond motifs is 3. The van der Waals surface area contributed by atoms with Gasteiger partial charge in [0.15, 0.2) is 0 Å². The Morgan fingerprint density at radius 2 is 1.30 bits per heavy atom. The second-order valence-electron chi connectivity index (χ2n) is 19.9. The van der Waals surface area contributed by atoms with E-state index in [9.17, 15) is 0 Å². The molecule has 0 aliphatic heterocycles. The molecule has 9 aromatic rings. The third-order valence-electron chi connectivity index (χ3n) is 12.6. The number of nitrogens with zero attached hydrogens (tertiary/aromatic N) is 4. The van der Waals surface area contributed by atoms with Crippen molar-refractivity contribution >= 4 is 21.8 Å². The van der Waals surface area contributed by atoms with Crippen molar-refractivity contribution in [2.45, 2.75) is 91.4 Å². The minimum absolute atomic E-state index is 0.0214. The molecule has 316 valence electrons. The van der Waals surface area contributed by atoms with Gasteiger partial charge in [-0.25, -0.2) is 4.98 Å². The predicted molar refractivity (Wildman–Crippen MR) is 260 cm³/mol. The van der Waals surface area contributed by atoms with Gasteiger partial charge >= 0.3 is 0 Å². The number of aromatic nitrogens is 4. The lowest BCUT2D eigenvalue weighted by Gasteiger charge is -2.26. The molecule has 5 nitrogen and oxygen atoms in total. The van der Waals surface area contributed by atoms with E-state index < -0.39 is 0 Å². The highest BCUT2D eigenvalue weighted by Gasteiger charge is 2.26. The zero-order chi connectivity index (χ0) is 44.3. The fourth-order valence-corrected chi connectivity index (χ4v) is 8.89. The first kappa shape index (κ1) is 41.6. The van der Waals surface area contributed by atoms with Gasteiger partial charge in [-0.05, 0) is 111 Å². The van der Waals surface area contributed by atoms with Crippen LogP contribution >= 0.6 is 0 Å². The molecule has 3 aromatic heterocycles. The average molecular weight is 827 g/mol. The summed E-state index contributed by atoms with van der Waals surface area (Å²) in [4.78, 5) is 5.00. The van der Waals surface area contributed by atoms with Gasteiger partial charge in [-0.1, -0.05) is 154 Å². The van der Waals surface area contributed by atoms with Gasteiger partial charge in [0.25, 0.3) is 6.33 Å². The Hall–Kier alpha value is -6.72. The van der Waals surface area contributed by atoms with Crippen LogP contribution in [-0.4, -0.2) is 14.1 Å². The maximum Gasteiger partial charge on any atom is 0.269 e. The molecule has 0 N–H and O–H groups in total. The van der Waals surface area contributed by atoms with Gasteiger partial charge in [0.2, 0.25) is 0 Å². The summed E-state index contributed by atoms with van der Waals surface area (Å²) in [5, 5.41) is 2.31. The Balaban J connectivity index is 1.20. The van der Waals surface area contributed by atoms with E-state index >= 15 is 0 Å². The number of pyridine rings is 1. The molecule has 0 saturated heterocycles. The van der Waals surface area contributed by atoms with Gasteiger partial charge in [-0.15, -0.1) is 0 Å². The number of rotatable bonds is 9. The van der Waals surface area contributed by atoms with E-state index in [-0.39, 0.29) is 16.2 Å². The van der Waals surface area contributed by atoms with Crippen molar-refractivity contribution < 1.29 is 9.30 Å². The van der Waals surface area contributed by atoms with E-state index in [1.165, 1.54) is 33.2 Å². The summed E-state index contributed by atoms with van der Waals surface area (Å²) in [5.74, 6) is 2.70. The smallest absolute Gasteiger partial charge is 0.269 e. The highest BCUT2D eigenvalue weighted by Crippen LogP contribution is 2.40. The molecule has 5 heteroatoms. The van der Waals surface area contributed by atoms with Crippen LogP contribution in [0.15, 0.2) is 164 Å². The lowest BCUT2D eigenvalue weighted by Crippen LogP contribution is -2.29. The SMILES string of the molecule is CC(C)c1ccccc1-c1cc(Oc2ccc3c4ccccc4n(-c4cc(C(C)(C)c5ccccc5)ccn4)c3c2)cc(-n2[c-][n+](-c3cccc(C(C)(C)C)c3)cc2C(C)(C)C)c1. The van der Waals surface area contributed by atoms with Crippen LogP contribution in [0.2, 0.25) is 0 Å². The fraction of sp³-hybridized carbons (Fsp3) is 0.241. The Morgan fingerprint density at radius 1 is 0.587 bits per heavy atom. The van der Waals surface area contributed by atoms with Gasteiger partial charge in [0.1, 0.15) is 17.3 Å². The number of hydrogen-bond acceptors (Lipinski definition) is 2. The van der Waals surface area contributed by atoms with E-state index in [0.29, 0.717) is 5.92 Å². The molecule has 0 unspecified atom stereocenters. The van der Waals surface area contributed by atoms with Crippen molar-refractivity contribution in [1.29, 1.82) is 0 Å². The summed E-state index contributed by atoms with van der Waals surface area (Å²) in [5.41, 5.74) is 12.3. The Morgan fingerprint density at radius 3 is 2.06 bits per heavy atom. The lowest BCUT2D eigenvalue weighted by atomic mass is 9.78. The third-order valence-corrected chi connectivity index (χ3v) is 12.6. The van der Waals surface area contributed by atoms with Crippen molar-refractivity contribution in [3.05, 3.63) is 198 Å². The van der Waals surface area contributed by atoms with Crippen LogP contribution < -0.4 is 9.30 Å². The lowest BCUT2D eigenvalue weighted by molar-refractivity contribution is -0.599. The number of para-hydroxylation sites is 1. The largest absolute Gasteiger partial charge is 0.458 e. The van der Waals surface area contributed by atoms with Gasteiger partial charge in [-0.2, -0.15) is 0 Å². The summed E-state index contributed by atoms with van der Waals surface area (Å²) in [6, 6.07) is 54.2. The molecule has 0 spiro atoms. The van der Waals surface area contributed by atoms with Gasteiger partial charge in [0.05, 0.1) is 28.1 Å². The molecule has 0 fully saturated rings. The molecule has 0 aliphatic carbocycles. The van der Waals surface area contributed by atoms with Crippen molar-refractivity contribution in [3.63, 3.8) is 0 Å². The molecule has 0 aliphatic rings. The summed E-state index contributed by atoms with van der Waals surface area (Å²) in [7, 11) is 0. The van der Waals surface area contributed by atoms with Crippen LogP contribution in [0.4, 0.5) is 0 Å². The molecule has 0 atom stereocenters. The molecule has 3 heterocycles. The van der Waals surface area contributed by atoms with Gasteiger partial charge in [0, 0.05) is 34.6 Å². The molecule has 0 saturated carbocycles. The predicted octanol–water partition coefficient (Wildman–Crippen LogP) is 14.5. The van der Waals surface area contributed by atoms with Crippen molar-refractivity contribution in [2.24, 2.45) is 0 Å². The number of benzene rings is 6. The Bertz CT molecular complexity index is 3110. The third kappa shape index (κ3) is 7.97. The molecule has 9 rings (SSSR count). The van der Waals surface area contributed by atoms with Crippen LogP contribution in [-0.2, 0) is 16.2 Å². The minimum Gasteiger partial charge on any atom is -0.458 e. The molecule has 63 heavy (non-hydrogen) atoms. The monoisotopic (exact) mass is 826 g/mol. The topological polar surface area (TPSA) is 35.9 Å². The van der Waals surface area contributed by atoms with Gasteiger partial charge in [-0.3, -0.25) is 13.7 Å². The fourth-order valence-electron chi connectivity index (χ4n) is 8.89. The van der Waals surface area contributed by atoms with Crippen LogP contribution in [0.3, 0.4) is 0 Å². The molecule has 6 aromatic carbocycles. The second kappa shape index (κ2) is 15.9.